The van der Waals surface area contributed by atoms with Gasteiger partial charge < -0.3 is 15.2 Å². The molecule has 2 heterocycles. The number of para-hydroxylation sites is 1. The van der Waals surface area contributed by atoms with Crippen LogP contribution in [0.1, 0.15) is 18.4 Å². The van der Waals surface area contributed by atoms with E-state index in [-0.39, 0.29) is 12.1 Å². The predicted molar refractivity (Wildman–Crippen MR) is 67.1 cm³/mol. The van der Waals surface area contributed by atoms with Gasteiger partial charge in [0.25, 0.3) is 0 Å². The minimum Gasteiger partial charge on any atom is -0.391 e. The summed E-state index contributed by atoms with van der Waals surface area (Å²) >= 11 is 0. The van der Waals surface area contributed by atoms with Crippen molar-refractivity contribution in [2.75, 3.05) is 18.5 Å². The molecule has 3 nitrogen and oxygen atoms in total. The van der Waals surface area contributed by atoms with Crippen molar-refractivity contribution in [3.63, 3.8) is 0 Å². The summed E-state index contributed by atoms with van der Waals surface area (Å²) < 4.78 is 5.34. The maximum atomic E-state index is 10.4. The maximum absolute atomic E-state index is 10.4. The van der Waals surface area contributed by atoms with Gasteiger partial charge in [0.15, 0.2) is 0 Å². The third-order valence-corrected chi connectivity index (χ3v) is 3.96. The first-order valence-corrected chi connectivity index (χ1v) is 6.45. The molecular formula is C14H19NO2. The number of hydrogen-bond acceptors (Lipinski definition) is 3. The van der Waals surface area contributed by atoms with Crippen LogP contribution in [0.15, 0.2) is 24.3 Å². The smallest absolute Gasteiger partial charge is 0.0774 e. The summed E-state index contributed by atoms with van der Waals surface area (Å²) in [6.45, 7) is 1.59. The second-order valence-corrected chi connectivity index (χ2v) is 5.05. The Morgan fingerprint density at radius 3 is 2.76 bits per heavy atom. The summed E-state index contributed by atoms with van der Waals surface area (Å²) in [5.74, 6) is 0.385. The summed E-state index contributed by atoms with van der Waals surface area (Å²) in [6, 6.07) is 8.50. The van der Waals surface area contributed by atoms with E-state index in [1.807, 2.05) is 6.07 Å². The molecule has 17 heavy (non-hydrogen) atoms. The lowest BCUT2D eigenvalue weighted by atomic mass is 9.88. The average Bonchev–Trinajstić information content (AvgIpc) is 2.82. The molecule has 2 aliphatic rings. The molecular weight excluding hydrogens is 214 g/mol. The molecule has 0 bridgehead atoms. The van der Waals surface area contributed by atoms with E-state index in [9.17, 15) is 5.11 Å². The van der Waals surface area contributed by atoms with Crippen LogP contribution in [0.5, 0.6) is 0 Å². The van der Waals surface area contributed by atoms with Crippen LogP contribution in [-0.2, 0) is 11.2 Å². The number of ether oxygens (including phenoxy) is 1. The van der Waals surface area contributed by atoms with E-state index in [0.29, 0.717) is 5.92 Å². The van der Waals surface area contributed by atoms with Gasteiger partial charge in [0, 0.05) is 18.9 Å². The van der Waals surface area contributed by atoms with Crippen LogP contribution in [0.3, 0.4) is 0 Å². The molecule has 0 aromatic heterocycles. The Kier molecular flexibility index (Phi) is 3.04. The van der Waals surface area contributed by atoms with Gasteiger partial charge in [-0.2, -0.15) is 0 Å². The molecule has 2 unspecified atom stereocenters. The molecule has 2 aliphatic heterocycles. The minimum atomic E-state index is -0.258. The molecule has 1 fully saturated rings. The lowest BCUT2D eigenvalue weighted by Gasteiger charge is -2.30. The quantitative estimate of drug-likeness (QED) is 0.818. The highest BCUT2D eigenvalue weighted by atomic mass is 16.5. The summed E-state index contributed by atoms with van der Waals surface area (Å²) in [6.07, 6.45) is 2.64. The number of nitrogens with one attached hydrogen (secondary N) is 1. The van der Waals surface area contributed by atoms with Crippen molar-refractivity contribution >= 4 is 5.69 Å². The maximum Gasteiger partial charge on any atom is 0.0774 e. The highest BCUT2D eigenvalue weighted by Gasteiger charge is 2.32. The molecule has 0 spiro atoms. The van der Waals surface area contributed by atoms with Crippen LogP contribution in [0.4, 0.5) is 5.69 Å². The molecule has 1 aromatic carbocycles. The zero-order valence-electron chi connectivity index (χ0n) is 9.93. The molecule has 1 saturated heterocycles. The first kappa shape index (κ1) is 11.1. The van der Waals surface area contributed by atoms with Gasteiger partial charge >= 0.3 is 0 Å². The number of aliphatic hydroxyl groups excluding tert-OH is 1. The van der Waals surface area contributed by atoms with Crippen LogP contribution in [0, 0.1) is 5.92 Å². The Balaban J connectivity index is 1.67. The van der Waals surface area contributed by atoms with Crippen molar-refractivity contribution < 1.29 is 9.84 Å². The molecule has 0 amide bonds. The zero-order valence-corrected chi connectivity index (χ0v) is 9.93. The summed E-state index contributed by atoms with van der Waals surface area (Å²) in [5.41, 5.74) is 2.51. The van der Waals surface area contributed by atoms with Gasteiger partial charge in [0.1, 0.15) is 0 Å². The standard InChI is InChI=1S/C14H19NO2/c16-14(10-5-7-17-8-6-10)13-9-11-3-1-2-4-12(11)15-13/h1-4,10,13-16H,5-9H2. The second-order valence-electron chi connectivity index (χ2n) is 5.05. The number of benzene rings is 1. The lowest BCUT2D eigenvalue weighted by molar-refractivity contribution is 0.00162. The monoisotopic (exact) mass is 233 g/mol. The molecule has 1 aromatic rings. The zero-order chi connectivity index (χ0) is 11.7. The van der Waals surface area contributed by atoms with Gasteiger partial charge in [-0.05, 0) is 36.8 Å². The first-order valence-electron chi connectivity index (χ1n) is 6.45. The van der Waals surface area contributed by atoms with Gasteiger partial charge in [-0.1, -0.05) is 18.2 Å². The van der Waals surface area contributed by atoms with E-state index >= 15 is 0 Å². The molecule has 0 saturated carbocycles. The van der Waals surface area contributed by atoms with Crippen molar-refractivity contribution in [3.8, 4) is 0 Å². The SMILES string of the molecule is OC(C1CCOCC1)C1Cc2ccccc2N1. The topological polar surface area (TPSA) is 41.5 Å². The fourth-order valence-electron chi connectivity index (χ4n) is 2.92. The van der Waals surface area contributed by atoms with Crippen LogP contribution in [0.2, 0.25) is 0 Å². The molecule has 3 heteroatoms. The predicted octanol–water partition coefficient (Wildman–Crippen LogP) is 1.81. The minimum absolute atomic E-state index is 0.176. The Morgan fingerprint density at radius 2 is 2.00 bits per heavy atom. The van der Waals surface area contributed by atoms with Crippen LogP contribution < -0.4 is 5.32 Å². The molecule has 2 atom stereocenters. The van der Waals surface area contributed by atoms with Crippen LogP contribution in [0.25, 0.3) is 0 Å². The summed E-state index contributed by atoms with van der Waals surface area (Å²) in [5, 5.41) is 13.9. The lowest BCUT2D eigenvalue weighted by Crippen LogP contribution is -2.40. The van der Waals surface area contributed by atoms with Crippen molar-refractivity contribution in [1.82, 2.24) is 0 Å². The number of aliphatic hydroxyl groups is 1. The Bertz CT molecular complexity index is 363. The molecule has 92 valence electrons. The van der Waals surface area contributed by atoms with E-state index in [2.05, 4.69) is 23.5 Å². The average molecular weight is 233 g/mol. The van der Waals surface area contributed by atoms with Crippen molar-refractivity contribution in [2.24, 2.45) is 5.92 Å². The summed E-state index contributed by atoms with van der Waals surface area (Å²) in [4.78, 5) is 0. The fourth-order valence-corrected chi connectivity index (χ4v) is 2.92. The van der Waals surface area contributed by atoms with E-state index in [1.54, 1.807) is 0 Å². The number of rotatable bonds is 2. The fraction of sp³-hybridized carbons (Fsp3) is 0.571. The molecule has 2 N–H and O–H groups in total. The largest absolute Gasteiger partial charge is 0.391 e. The first-order chi connectivity index (χ1) is 8.34. The second kappa shape index (κ2) is 4.67. The van der Waals surface area contributed by atoms with Gasteiger partial charge in [-0.3, -0.25) is 0 Å². The highest BCUT2D eigenvalue weighted by molar-refractivity contribution is 5.56. The number of anilines is 1. The van der Waals surface area contributed by atoms with E-state index in [4.69, 9.17) is 4.74 Å². The van der Waals surface area contributed by atoms with Gasteiger partial charge in [-0.25, -0.2) is 0 Å². The number of fused-ring (bicyclic) bond motifs is 1. The van der Waals surface area contributed by atoms with Crippen molar-refractivity contribution in [1.29, 1.82) is 0 Å². The third kappa shape index (κ3) is 2.17. The van der Waals surface area contributed by atoms with E-state index in [0.717, 1.165) is 32.5 Å². The Labute approximate surface area is 102 Å². The summed E-state index contributed by atoms with van der Waals surface area (Å²) in [7, 11) is 0. The normalized spacial score (nSPS) is 26.3. The molecule has 0 radical (unpaired) electrons. The molecule has 3 rings (SSSR count). The van der Waals surface area contributed by atoms with Crippen molar-refractivity contribution in [2.45, 2.75) is 31.4 Å². The van der Waals surface area contributed by atoms with Crippen molar-refractivity contribution in [3.05, 3.63) is 29.8 Å². The Morgan fingerprint density at radius 1 is 1.24 bits per heavy atom. The van der Waals surface area contributed by atoms with Gasteiger partial charge in [-0.15, -0.1) is 0 Å². The van der Waals surface area contributed by atoms with Crippen LogP contribution in [-0.4, -0.2) is 30.5 Å². The van der Waals surface area contributed by atoms with Gasteiger partial charge in [0.2, 0.25) is 0 Å². The number of hydrogen-bond donors (Lipinski definition) is 2. The van der Waals surface area contributed by atoms with E-state index in [1.165, 1.54) is 11.3 Å². The van der Waals surface area contributed by atoms with E-state index < -0.39 is 0 Å². The Hall–Kier alpha value is -1.06. The van der Waals surface area contributed by atoms with Crippen LogP contribution >= 0.6 is 0 Å². The highest BCUT2D eigenvalue weighted by Crippen LogP contribution is 2.30. The molecule has 0 aliphatic carbocycles. The van der Waals surface area contributed by atoms with Gasteiger partial charge in [0.05, 0.1) is 12.1 Å². The third-order valence-electron chi connectivity index (χ3n) is 3.96.